The van der Waals surface area contributed by atoms with Crippen LogP contribution in [0.3, 0.4) is 0 Å². The molecule has 0 spiro atoms. The number of thiophene rings is 1. The summed E-state index contributed by atoms with van der Waals surface area (Å²) < 4.78 is 37.9. The number of benzene rings is 1. The Bertz CT molecular complexity index is 601. The number of hydrogen-bond donors (Lipinski definition) is 0. The monoisotopic (exact) mass is 278 g/mol. The number of halogens is 4. The van der Waals surface area contributed by atoms with Crippen molar-refractivity contribution in [3.05, 3.63) is 34.2 Å². The van der Waals surface area contributed by atoms with Crippen LogP contribution in [0.15, 0.2) is 18.2 Å². The first-order valence-electron chi connectivity index (χ1n) is 4.61. The molecule has 0 aliphatic heterocycles. The highest BCUT2D eigenvalue weighted by molar-refractivity contribution is 7.22. The predicted octanol–water partition coefficient (Wildman–Crippen LogP) is 4.61. The second-order valence-electron chi connectivity index (χ2n) is 3.54. The summed E-state index contributed by atoms with van der Waals surface area (Å²) in [5.41, 5.74) is -0.0986. The van der Waals surface area contributed by atoms with Gasteiger partial charge in [0.15, 0.2) is 0 Å². The number of aryl methyl sites for hydroxylation is 1. The largest absolute Gasteiger partial charge is 0.416 e. The fourth-order valence-corrected chi connectivity index (χ4v) is 2.93. The van der Waals surface area contributed by atoms with Gasteiger partial charge in [-0.1, -0.05) is 6.07 Å². The van der Waals surface area contributed by atoms with Gasteiger partial charge < -0.3 is 0 Å². The van der Waals surface area contributed by atoms with Crippen LogP contribution in [0.2, 0.25) is 0 Å². The van der Waals surface area contributed by atoms with Crippen molar-refractivity contribution in [2.45, 2.75) is 13.1 Å². The van der Waals surface area contributed by atoms with Crippen LogP contribution in [0.5, 0.6) is 0 Å². The molecule has 0 radical (unpaired) electrons. The van der Waals surface area contributed by atoms with Crippen molar-refractivity contribution in [3.8, 4) is 0 Å². The van der Waals surface area contributed by atoms with Crippen molar-refractivity contribution in [1.82, 2.24) is 0 Å². The molecule has 1 heterocycles. The number of alkyl halides is 3. The summed E-state index contributed by atoms with van der Waals surface area (Å²) >= 11 is 6.34. The molecule has 1 aromatic heterocycles. The second kappa shape index (κ2) is 3.99. The lowest BCUT2D eigenvalue weighted by atomic mass is 10.1. The molecule has 1 nitrogen and oxygen atoms in total. The van der Waals surface area contributed by atoms with Gasteiger partial charge >= 0.3 is 6.18 Å². The highest BCUT2D eigenvalue weighted by Gasteiger charge is 2.31. The van der Waals surface area contributed by atoms with Crippen LogP contribution in [0, 0.1) is 6.92 Å². The minimum Gasteiger partial charge on any atom is -0.275 e. The van der Waals surface area contributed by atoms with E-state index < -0.39 is 17.0 Å². The highest BCUT2D eigenvalue weighted by Crippen LogP contribution is 2.36. The van der Waals surface area contributed by atoms with Crippen molar-refractivity contribution in [2.24, 2.45) is 0 Å². The molecule has 0 atom stereocenters. The summed E-state index contributed by atoms with van der Waals surface area (Å²) in [5, 5.41) is -0.00995. The Kier molecular flexibility index (Phi) is 2.91. The Morgan fingerprint density at radius 2 is 2.00 bits per heavy atom. The Labute approximate surface area is 104 Å². The first kappa shape index (κ1) is 12.4. The summed E-state index contributed by atoms with van der Waals surface area (Å²) in [6.45, 7) is 1.67. The maximum absolute atomic E-state index is 12.5. The van der Waals surface area contributed by atoms with Crippen molar-refractivity contribution < 1.29 is 18.0 Å². The fraction of sp³-hybridized carbons (Fsp3) is 0.182. The molecule has 0 N–H and O–H groups in total. The number of carbonyl (C=O) groups excluding carboxylic acids is 1. The Hall–Kier alpha value is -1.07. The van der Waals surface area contributed by atoms with E-state index in [9.17, 15) is 18.0 Å². The molecule has 0 aliphatic carbocycles. The molecule has 2 aromatic rings. The topological polar surface area (TPSA) is 17.1 Å². The Morgan fingerprint density at radius 3 is 2.53 bits per heavy atom. The van der Waals surface area contributed by atoms with Crippen LogP contribution in [0.4, 0.5) is 13.2 Å². The van der Waals surface area contributed by atoms with Gasteiger partial charge in [-0.3, -0.25) is 4.79 Å². The van der Waals surface area contributed by atoms with E-state index in [1.165, 1.54) is 6.07 Å². The highest BCUT2D eigenvalue weighted by atomic mass is 35.5. The zero-order valence-electron chi connectivity index (χ0n) is 8.56. The van der Waals surface area contributed by atoms with E-state index in [0.29, 0.717) is 20.5 Å². The van der Waals surface area contributed by atoms with Crippen LogP contribution in [0.25, 0.3) is 10.1 Å². The van der Waals surface area contributed by atoms with Crippen LogP contribution >= 0.6 is 22.9 Å². The lowest BCUT2D eigenvalue weighted by Gasteiger charge is -2.05. The van der Waals surface area contributed by atoms with Crippen molar-refractivity contribution >= 4 is 38.3 Å². The SMILES string of the molecule is Cc1c(C(=O)Cl)sc2cc(C(F)(F)F)ccc12. The maximum atomic E-state index is 12.5. The quantitative estimate of drug-likeness (QED) is 0.696. The van der Waals surface area contributed by atoms with E-state index in [1.807, 2.05) is 0 Å². The molecular weight excluding hydrogens is 273 g/mol. The Morgan fingerprint density at radius 1 is 1.35 bits per heavy atom. The zero-order valence-corrected chi connectivity index (χ0v) is 10.1. The molecule has 1 aromatic carbocycles. The average Bonchev–Trinajstić information content (AvgIpc) is 2.54. The third-order valence-corrected chi connectivity index (χ3v) is 4.00. The van der Waals surface area contributed by atoms with Crippen LogP contribution < -0.4 is 0 Å². The van der Waals surface area contributed by atoms with Gasteiger partial charge in [-0.15, -0.1) is 11.3 Å². The molecular formula is C11H6ClF3OS. The summed E-state index contributed by atoms with van der Waals surface area (Å²) in [4.78, 5) is 11.4. The normalized spacial score (nSPS) is 12.1. The molecule has 0 unspecified atom stereocenters. The van der Waals surface area contributed by atoms with Crippen LogP contribution in [0.1, 0.15) is 20.8 Å². The van der Waals surface area contributed by atoms with Gasteiger partial charge in [0.25, 0.3) is 5.24 Å². The third kappa shape index (κ3) is 2.17. The fourth-order valence-electron chi connectivity index (χ4n) is 1.59. The second-order valence-corrected chi connectivity index (χ2v) is 4.93. The van der Waals surface area contributed by atoms with Crippen molar-refractivity contribution in [2.75, 3.05) is 0 Å². The van der Waals surface area contributed by atoms with E-state index in [1.54, 1.807) is 6.92 Å². The van der Waals surface area contributed by atoms with E-state index >= 15 is 0 Å². The molecule has 0 saturated heterocycles. The van der Waals surface area contributed by atoms with E-state index in [2.05, 4.69) is 0 Å². The summed E-state index contributed by atoms with van der Waals surface area (Å²) in [5.74, 6) is 0. The maximum Gasteiger partial charge on any atom is 0.416 e. The molecule has 0 fully saturated rings. The van der Waals surface area contributed by atoms with Gasteiger partial charge in [0.2, 0.25) is 0 Å². The number of hydrogen-bond acceptors (Lipinski definition) is 2. The minimum absolute atomic E-state index is 0.293. The zero-order chi connectivity index (χ0) is 12.8. The van der Waals surface area contributed by atoms with E-state index in [0.717, 1.165) is 23.5 Å². The van der Waals surface area contributed by atoms with E-state index in [-0.39, 0.29) is 0 Å². The summed E-state index contributed by atoms with van der Waals surface area (Å²) in [6, 6.07) is 3.41. The van der Waals surface area contributed by atoms with Gasteiger partial charge in [0.1, 0.15) is 0 Å². The van der Waals surface area contributed by atoms with Crippen molar-refractivity contribution in [1.29, 1.82) is 0 Å². The first-order chi connectivity index (χ1) is 7.80. The van der Waals surface area contributed by atoms with Gasteiger partial charge in [-0.2, -0.15) is 13.2 Å². The van der Waals surface area contributed by atoms with E-state index in [4.69, 9.17) is 11.6 Å². The van der Waals surface area contributed by atoms with Gasteiger partial charge in [0.05, 0.1) is 10.4 Å². The van der Waals surface area contributed by atoms with Gasteiger partial charge in [-0.25, -0.2) is 0 Å². The lowest BCUT2D eigenvalue weighted by Crippen LogP contribution is -2.03. The Balaban J connectivity index is 2.68. The molecule has 0 aliphatic rings. The smallest absolute Gasteiger partial charge is 0.275 e. The third-order valence-electron chi connectivity index (χ3n) is 2.44. The number of carbonyl (C=O) groups is 1. The van der Waals surface area contributed by atoms with Gasteiger partial charge in [0, 0.05) is 4.70 Å². The molecule has 90 valence electrons. The first-order valence-corrected chi connectivity index (χ1v) is 5.80. The average molecular weight is 279 g/mol. The van der Waals surface area contributed by atoms with Crippen molar-refractivity contribution in [3.63, 3.8) is 0 Å². The molecule has 0 amide bonds. The predicted molar refractivity (Wildman–Crippen MR) is 61.7 cm³/mol. The summed E-state index contributed by atoms with van der Waals surface area (Å²) in [6.07, 6.45) is -4.38. The molecule has 0 saturated carbocycles. The van der Waals surface area contributed by atoms with Crippen LogP contribution in [-0.2, 0) is 6.18 Å². The number of rotatable bonds is 1. The van der Waals surface area contributed by atoms with Gasteiger partial charge in [-0.05, 0) is 41.6 Å². The lowest BCUT2D eigenvalue weighted by molar-refractivity contribution is -0.137. The standard InChI is InChI=1S/C11H6ClF3OS/c1-5-7-3-2-6(11(13,14)15)4-8(7)17-9(5)10(12)16/h2-4H,1H3. The minimum atomic E-state index is -4.38. The molecule has 2 rings (SSSR count). The molecule has 0 bridgehead atoms. The summed E-state index contributed by atoms with van der Waals surface area (Å²) in [7, 11) is 0. The number of fused-ring (bicyclic) bond motifs is 1. The molecule has 17 heavy (non-hydrogen) atoms. The molecule has 6 heteroatoms. The van der Waals surface area contributed by atoms with Crippen LogP contribution in [-0.4, -0.2) is 5.24 Å².